The van der Waals surface area contributed by atoms with E-state index < -0.39 is 23.4 Å². The third kappa shape index (κ3) is 5.04. The number of hydrogen-bond acceptors (Lipinski definition) is 6. The van der Waals surface area contributed by atoms with Crippen molar-refractivity contribution in [3.8, 4) is 0 Å². The van der Waals surface area contributed by atoms with E-state index in [0.717, 1.165) is 48.8 Å². The number of ketones is 2. The van der Waals surface area contributed by atoms with Gasteiger partial charge in [0, 0.05) is 17.2 Å². The molecule has 0 aromatic heterocycles. The van der Waals surface area contributed by atoms with Gasteiger partial charge in [0.15, 0.2) is 5.78 Å². The van der Waals surface area contributed by atoms with Gasteiger partial charge in [-0.2, -0.15) is 0 Å². The van der Waals surface area contributed by atoms with E-state index in [9.17, 15) is 14.4 Å². The van der Waals surface area contributed by atoms with E-state index in [1.165, 1.54) is 4.90 Å². The summed E-state index contributed by atoms with van der Waals surface area (Å²) < 4.78 is 0. The Morgan fingerprint density at radius 1 is 1.08 bits per heavy atom. The van der Waals surface area contributed by atoms with Crippen LogP contribution in [0.4, 0.5) is 5.69 Å². The molecule has 0 radical (unpaired) electrons. The van der Waals surface area contributed by atoms with Crippen molar-refractivity contribution in [1.82, 2.24) is 0 Å². The number of para-hydroxylation sites is 1. The molecule has 36 heavy (non-hydrogen) atoms. The maximum atomic E-state index is 14.1. The smallest absolute Gasteiger partial charge is 0.278 e. The molecule has 1 aliphatic carbocycles. The number of Topliss-reactive ketones (excluding diaryl/α,β-unsaturated/α-hetero) is 2. The van der Waals surface area contributed by atoms with Crippen LogP contribution in [0.15, 0.2) is 53.5 Å². The van der Waals surface area contributed by atoms with E-state index in [1.807, 2.05) is 62.4 Å². The Morgan fingerprint density at radius 2 is 1.78 bits per heavy atom. The van der Waals surface area contributed by atoms with Gasteiger partial charge in [0.25, 0.3) is 5.91 Å². The van der Waals surface area contributed by atoms with E-state index in [4.69, 9.17) is 11.5 Å². The van der Waals surface area contributed by atoms with Crippen molar-refractivity contribution >= 4 is 28.9 Å². The summed E-state index contributed by atoms with van der Waals surface area (Å²) in [5.74, 6) is -1.43. The number of benzene rings is 2. The fourth-order valence-electron chi connectivity index (χ4n) is 5.41. The number of carbonyl (C=O) groups is 3. The van der Waals surface area contributed by atoms with Crippen LogP contribution >= 0.6 is 0 Å². The highest BCUT2D eigenvalue weighted by Crippen LogP contribution is 2.34. The molecular weight excluding hydrogens is 452 g/mol. The van der Waals surface area contributed by atoms with E-state index >= 15 is 0 Å². The van der Waals surface area contributed by atoms with Crippen molar-refractivity contribution in [3.63, 3.8) is 0 Å². The lowest BCUT2D eigenvalue weighted by molar-refractivity contribution is -0.136. The quantitative estimate of drug-likeness (QED) is 0.552. The number of aliphatic imine (C=N–C) groups is 1. The molecule has 1 aliphatic heterocycles. The molecule has 2 atom stereocenters. The van der Waals surface area contributed by atoms with Gasteiger partial charge in [-0.25, -0.2) is 4.99 Å². The van der Waals surface area contributed by atoms with Gasteiger partial charge in [-0.3, -0.25) is 20.1 Å². The van der Waals surface area contributed by atoms with Crippen LogP contribution in [0.1, 0.15) is 62.1 Å². The minimum Gasteiger partial charge on any atom is -0.321 e. The minimum absolute atomic E-state index is 0.000541. The molecule has 2 aromatic carbocycles. The summed E-state index contributed by atoms with van der Waals surface area (Å²) in [6.07, 6.45) is 5.50. The van der Waals surface area contributed by atoms with Crippen molar-refractivity contribution in [2.75, 3.05) is 11.4 Å². The molecule has 190 valence electrons. The van der Waals surface area contributed by atoms with Gasteiger partial charge in [-0.15, -0.1) is 0 Å². The van der Waals surface area contributed by atoms with Crippen molar-refractivity contribution in [1.29, 1.82) is 0 Å². The highest BCUT2D eigenvalue weighted by Gasteiger charge is 2.50. The van der Waals surface area contributed by atoms with Crippen LogP contribution < -0.4 is 16.4 Å². The zero-order valence-electron chi connectivity index (χ0n) is 21.2. The highest BCUT2D eigenvalue weighted by atomic mass is 16.2. The van der Waals surface area contributed by atoms with Crippen LogP contribution in [0.2, 0.25) is 0 Å². The molecule has 2 aromatic rings. The second kappa shape index (κ2) is 10.8. The summed E-state index contributed by atoms with van der Waals surface area (Å²) in [5.41, 5.74) is 14.3. The average Bonchev–Trinajstić information content (AvgIpc) is 2.99. The molecule has 1 fully saturated rings. The number of fused-ring (bicyclic) bond motifs is 1. The molecule has 0 unspecified atom stereocenters. The van der Waals surface area contributed by atoms with Crippen LogP contribution in [0.3, 0.4) is 0 Å². The lowest BCUT2D eigenvalue weighted by Crippen LogP contribution is -2.64. The first kappa shape index (κ1) is 25.9. The lowest BCUT2D eigenvalue weighted by Gasteiger charge is -2.32. The Labute approximate surface area is 213 Å². The molecule has 2 aliphatic rings. The molecule has 1 heterocycles. The average molecular weight is 489 g/mol. The summed E-state index contributed by atoms with van der Waals surface area (Å²) in [7, 11) is 0. The second-order valence-electron chi connectivity index (χ2n) is 10.0. The molecule has 7 heteroatoms. The van der Waals surface area contributed by atoms with Gasteiger partial charge in [-0.1, -0.05) is 74.7 Å². The topological polar surface area (TPSA) is 119 Å². The van der Waals surface area contributed by atoms with Crippen LogP contribution in [0.25, 0.3) is 0 Å². The Morgan fingerprint density at radius 3 is 2.44 bits per heavy atom. The van der Waals surface area contributed by atoms with Gasteiger partial charge >= 0.3 is 0 Å². The summed E-state index contributed by atoms with van der Waals surface area (Å²) in [6.45, 7) is 3.67. The minimum atomic E-state index is -2.21. The number of anilines is 1. The molecule has 7 nitrogen and oxygen atoms in total. The zero-order valence-corrected chi connectivity index (χ0v) is 21.2. The van der Waals surface area contributed by atoms with Crippen LogP contribution in [-0.4, -0.2) is 41.4 Å². The van der Waals surface area contributed by atoms with Crippen LogP contribution in [0, 0.1) is 12.8 Å². The summed E-state index contributed by atoms with van der Waals surface area (Å²) in [4.78, 5) is 47.2. The number of nitrogens with zero attached hydrogens (tertiary/aromatic N) is 2. The number of rotatable bonds is 8. The number of nitrogens with two attached hydrogens (primary N) is 2. The Hall–Kier alpha value is -3.16. The number of benzodiazepines with no additional fused rings is 1. The van der Waals surface area contributed by atoms with E-state index in [0.29, 0.717) is 17.8 Å². The van der Waals surface area contributed by atoms with E-state index in [1.54, 1.807) is 0 Å². The normalized spacial score (nSPS) is 21.4. The first-order valence-electron chi connectivity index (χ1n) is 12.9. The molecule has 4 rings (SSSR count). The lowest BCUT2D eigenvalue weighted by atomic mass is 9.85. The van der Waals surface area contributed by atoms with Crippen molar-refractivity contribution in [2.24, 2.45) is 22.4 Å². The molecule has 4 N–H and O–H groups in total. The number of carbonyl (C=O) groups excluding carboxylic acids is 3. The first-order valence-corrected chi connectivity index (χ1v) is 12.9. The van der Waals surface area contributed by atoms with Gasteiger partial charge in [0.1, 0.15) is 0 Å². The number of hydrogen-bond donors (Lipinski definition) is 2. The van der Waals surface area contributed by atoms with Gasteiger partial charge in [-0.05, 0) is 43.7 Å². The highest BCUT2D eigenvalue weighted by molar-refractivity contribution is 6.24. The summed E-state index contributed by atoms with van der Waals surface area (Å²) in [5, 5.41) is 0. The Bertz CT molecular complexity index is 1170. The maximum absolute atomic E-state index is 14.1. The van der Waals surface area contributed by atoms with Crippen molar-refractivity contribution < 1.29 is 14.4 Å². The third-order valence-electron chi connectivity index (χ3n) is 7.42. The van der Waals surface area contributed by atoms with Crippen molar-refractivity contribution in [2.45, 2.75) is 70.5 Å². The molecule has 0 spiro atoms. The van der Waals surface area contributed by atoms with E-state index in [2.05, 4.69) is 4.99 Å². The van der Waals surface area contributed by atoms with Gasteiger partial charge in [0.05, 0.1) is 18.3 Å². The predicted molar refractivity (Wildman–Crippen MR) is 142 cm³/mol. The second-order valence-corrected chi connectivity index (χ2v) is 10.0. The first-order chi connectivity index (χ1) is 17.3. The molecule has 0 saturated heterocycles. The summed E-state index contributed by atoms with van der Waals surface area (Å²) in [6, 6.07) is 14.0. The maximum Gasteiger partial charge on any atom is 0.278 e. The van der Waals surface area contributed by atoms with Crippen LogP contribution in [-0.2, 0) is 20.8 Å². The van der Waals surface area contributed by atoms with Gasteiger partial charge in [0.2, 0.25) is 11.4 Å². The summed E-state index contributed by atoms with van der Waals surface area (Å²) >= 11 is 0. The SMILES string of the molecule is CCC1=N[C@@](N)(C(=O)[C@@H](N)Cc2ccccc2)C(=O)N(CC(=O)C2CCCCC2)c2c(C)cccc21. The Kier molecular flexibility index (Phi) is 7.81. The van der Waals surface area contributed by atoms with Gasteiger partial charge < -0.3 is 10.6 Å². The molecule has 0 bridgehead atoms. The fraction of sp³-hybridized carbons (Fsp3) is 0.448. The number of aryl methyl sites for hydroxylation is 1. The van der Waals surface area contributed by atoms with Crippen LogP contribution in [0.5, 0.6) is 0 Å². The third-order valence-corrected chi connectivity index (χ3v) is 7.42. The Balaban J connectivity index is 1.75. The fourth-order valence-corrected chi connectivity index (χ4v) is 5.41. The standard InChI is InChI=1S/C29H36N4O3/c1-3-24-22-16-10-11-19(2)26(22)33(18-25(34)21-14-8-5-9-15-21)28(36)29(31,32-24)27(35)23(30)17-20-12-6-4-7-13-20/h4,6-7,10-13,16,21,23H,3,5,8-9,14-15,17-18,30-31H2,1-2H3/t23-,29-/m0/s1. The van der Waals surface area contributed by atoms with Crippen molar-refractivity contribution in [3.05, 3.63) is 65.2 Å². The number of amides is 1. The zero-order chi connectivity index (χ0) is 25.9. The monoisotopic (exact) mass is 488 g/mol. The molecule has 1 amide bonds. The van der Waals surface area contributed by atoms with E-state index in [-0.39, 0.29) is 24.7 Å². The predicted octanol–water partition coefficient (Wildman–Crippen LogP) is 3.48. The molecule has 1 saturated carbocycles. The molecular formula is C29H36N4O3. The largest absolute Gasteiger partial charge is 0.321 e.